The van der Waals surface area contributed by atoms with Gasteiger partial charge in [0.1, 0.15) is 22.4 Å². The molecule has 0 aliphatic carbocycles. The number of rotatable bonds is 1. The van der Waals surface area contributed by atoms with E-state index in [1.807, 2.05) is 13.8 Å². The molecular formula is C14H13ClFNO3S. The van der Waals surface area contributed by atoms with Crippen molar-refractivity contribution < 1.29 is 18.7 Å². The normalized spacial score (nSPS) is 23.5. The lowest BCUT2D eigenvalue weighted by Crippen LogP contribution is -2.34. The van der Waals surface area contributed by atoms with Crippen molar-refractivity contribution in [2.24, 2.45) is 0 Å². The molecule has 1 aromatic rings. The zero-order valence-electron chi connectivity index (χ0n) is 11.5. The molecule has 2 aliphatic rings. The van der Waals surface area contributed by atoms with Gasteiger partial charge in [0.2, 0.25) is 5.91 Å². The van der Waals surface area contributed by atoms with Gasteiger partial charge < -0.3 is 4.74 Å². The molecule has 1 aromatic carbocycles. The van der Waals surface area contributed by atoms with Crippen molar-refractivity contribution in [3.05, 3.63) is 28.0 Å². The summed E-state index contributed by atoms with van der Waals surface area (Å²) in [6, 6.07) is 1.53. The summed E-state index contributed by atoms with van der Waals surface area (Å²) in [5, 5.41) is 0.652. The zero-order valence-corrected chi connectivity index (χ0v) is 13.0. The van der Waals surface area contributed by atoms with Crippen molar-refractivity contribution in [2.45, 2.75) is 37.5 Å². The molecule has 1 atom stereocenters. The number of amides is 2. The van der Waals surface area contributed by atoms with E-state index < -0.39 is 27.8 Å². The third kappa shape index (κ3) is 2.51. The van der Waals surface area contributed by atoms with E-state index in [1.54, 1.807) is 0 Å². The van der Waals surface area contributed by atoms with E-state index in [-0.39, 0.29) is 10.6 Å². The quantitative estimate of drug-likeness (QED) is 0.855. The fourth-order valence-electron chi connectivity index (χ4n) is 2.53. The highest BCUT2D eigenvalue weighted by atomic mass is 35.5. The predicted molar refractivity (Wildman–Crippen MR) is 78.3 cm³/mol. The minimum Gasteiger partial charge on any atom is -0.487 e. The van der Waals surface area contributed by atoms with Crippen LogP contribution < -0.4 is 10.1 Å². The number of benzene rings is 1. The molecule has 1 fully saturated rings. The second-order valence-electron chi connectivity index (χ2n) is 5.71. The molecule has 0 aromatic heterocycles. The number of ether oxygens (including phenoxy) is 1. The molecule has 0 radical (unpaired) electrons. The van der Waals surface area contributed by atoms with E-state index in [9.17, 15) is 14.0 Å². The summed E-state index contributed by atoms with van der Waals surface area (Å²) >= 11 is 6.67. The monoisotopic (exact) mass is 329 g/mol. The second kappa shape index (κ2) is 4.88. The van der Waals surface area contributed by atoms with E-state index in [0.717, 1.165) is 23.7 Å². The van der Waals surface area contributed by atoms with Crippen LogP contribution >= 0.6 is 23.4 Å². The number of carbonyl (C=O) groups is 2. The number of nitrogens with one attached hydrogen (secondary N) is 1. The molecule has 1 N–H and O–H groups in total. The number of hydrogen-bond donors (Lipinski definition) is 1. The standard InChI is InChI=1S/C14H13ClFNO3S/c1-14(2)4-3-6-5-7(15)9(16)8(10(6)20-14)11-12(18)17-13(19)21-11/h5,11H,3-4H2,1-2H3,(H,17,18,19). The highest BCUT2D eigenvalue weighted by Crippen LogP contribution is 2.47. The first-order chi connectivity index (χ1) is 9.78. The van der Waals surface area contributed by atoms with E-state index in [2.05, 4.69) is 5.32 Å². The Labute approximate surface area is 130 Å². The fraction of sp³-hybridized carbons (Fsp3) is 0.429. The minimum absolute atomic E-state index is 0.0557. The van der Waals surface area contributed by atoms with E-state index >= 15 is 0 Å². The summed E-state index contributed by atoms with van der Waals surface area (Å²) in [5.74, 6) is -0.897. The molecule has 2 amide bonds. The number of carbonyl (C=O) groups excluding carboxylic acids is 2. The molecule has 112 valence electrons. The van der Waals surface area contributed by atoms with Crippen molar-refractivity contribution in [3.63, 3.8) is 0 Å². The summed E-state index contributed by atoms with van der Waals surface area (Å²) in [6.07, 6.45) is 1.45. The summed E-state index contributed by atoms with van der Waals surface area (Å²) < 4.78 is 20.4. The van der Waals surface area contributed by atoms with Gasteiger partial charge in [-0.25, -0.2) is 4.39 Å². The summed E-state index contributed by atoms with van der Waals surface area (Å²) in [4.78, 5) is 23.2. The Morgan fingerprint density at radius 1 is 1.48 bits per heavy atom. The van der Waals surface area contributed by atoms with Crippen LogP contribution in [0.3, 0.4) is 0 Å². The maximum atomic E-state index is 14.5. The smallest absolute Gasteiger partial charge is 0.286 e. The van der Waals surface area contributed by atoms with Gasteiger partial charge in [0, 0.05) is 0 Å². The van der Waals surface area contributed by atoms with Crippen molar-refractivity contribution in [2.75, 3.05) is 0 Å². The Hall–Kier alpha value is -1.27. The van der Waals surface area contributed by atoms with Gasteiger partial charge in [-0.1, -0.05) is 11.6 Å². The van der Waals surface area contributed by atoms with Crippen LogP contribution in [0.15, 0.2) is 6.07 Å². The van der Waals surface area contributed by atoms with Crippen molar-refractivity contribution in [1.29, 1.82) is 0 Å². The molecule has 1 unspecified atom stereocenters. The molecule has 0 saturated carbocycles. The summed E-state index contributed by atoms with van der Waals surface area (Å²) in [6.45, 7) is 3.80. The van der Waals surface area contributed by atoms with Gasteiger partial charge in [-0.15, -0.1) is 0 Å². The average Bonchev–Trinajstić information content (AvgIpc) is 2.70. The highest BCUT2D eigenvalue weighted by molar-refractivity contribution is 8.15. The van der Waals surface area contributed by atoms with Crippen LogP contribution in [0, 0.1) is 5.82 Å². The van der Waals surface area contributed by atoms with Gasteiger partial charge in [-0.2, -0.15) is 0 Å². The van der Waals surface area contributed by atoms with E-state index in [4.69, 9.17) is 16.3 Å². The Kier molecular flexibility index (Phi) is 3.41. The number of hydrogen-bond acceptors (Lipinski definition) is 4. The van der Waals surface area contributed by atoms with Gasteiger partial charge >= 0.3 is 0 Å². The van der Waals surface area contributed by atoms with Gasteiger partial charge in [0.15, 0.2) is 0 Å². The topological polar surface area (TPSA) is 55.4 Å². The molecule has 0 bridgehead atoms. The number of thioether (sulfide) groups is 1. The first-order valence-electron chi connectivity index (χ1n) is 6.50. The molecule has 0 spiro atoms. The lowest BCUT2D eigenvalue weighted by Gasteiger charge is -2.34. The second-order valence-corrected chi connectivity index (χ2v) is 7.20. The molecule has 21 heavy (non-hydrogen) atoms. The van der Waals surface area contributed by atoms with E-state index in [1.165, 1.54) is 6.07 Å². The van der Waals surface area contributed by atoms with Gasteiger partial charge in [-0.05, 0) is 50.1 Å². The molecule has 2 aliphatic heterocycles. The SMILES string of the molecule is CC1(C)CCc2cc(Cl)c(F)c(C3SC(=O)NC3=O)c2O1. The van der Waals surface area contributed by atoms with Crippen LogP contribution in [0.5, 0.6) is 5.75 Å². The van der Waals surface area contributed by atoms with Crippen LogP contribution in [-0.4, -0.2) is 16.7 Å². The van der Waals surface area contributed by atoms with Crippen molar-refractivity contribution >= 4 is 34.5 Å². The van der Waals surface area contributed by atoms with Gasteiger partial charge in [0.25, 0.3) is 5.24 Å². The highest BCUT2D eigenvalue weighted by Gasteiger charge is 2.40. The third-order valence-electron chi connectivity index (χ3n) is 3.61. The Bertz CT molecular complexity index is 662. The van der Waals surface area contributed by atoms with Crippen LogP contribution in [0.4, 0.5) is 9.18 Å². The molecule has 3 rings (SSSR count). The number of halogens is 2. The molecule has 7 heteroatoms. The largest absolute Gasteiger partial charge is 0.487 e. The zero-order chi connectivity index (χ0) is 15.4. The van der Waals surface area contributed by atoms with Crippen LogP contribution in [-0.2, 0) is 11.2 Å². The first-order valence-corrected chi connectivity index (χ1v) is 7.75. The van der Waals surface area contributed by atoms with Gasteiger partial charge in [-0.3, -0.25) is 14.9 Å². The minimum atomic E-state index is -0.959. The fourth-order valence-corrected chi connectivity index (χ4v) is 3.63. The Morgan fingerprint density at radius 2 is 2.19 bits per heavy atom. The average molecular weight is 330 g/mol. The Balaban J connectivity index is 2.17. The molecule has 2 heterocycles. The number of aryl methyl sites for hydroxylation is 1. The lowest BCUT2D eigenvalue weighted by atomic mass is 9.91. The molecule has 1 saturated heterocycles. The number of imide groups is 1. The maximum Gasteiger partial charge on any atom is 0.286 e. The van der Waals surface area contributed by atoms with Crippen LogP contribution in [0.2, 0.25) is 5.02 Å². The van der Waals surface area contributed by atoms with Gasteiger partial charge in [0.05, 0.1) is 10.6 Å². The maximum absolute atomic E-state index is 14.5. The Morgan fingerprint density at radius 3 is 2.81 bits per heavy atom. The summed E-state index contributed by atoms with van der Waals surface area (Å²) in [7, 11) is 0. The first kappa shape index (κ1) is 14.7. The molecular weight excluding hydrogens is 317 g/mol. The van der Waals surface area contributed by atoms with Crippen LogP contribution in [0.1, 0.15) is 36.6 Å². The van der Waals surface area contributed by atoms with Crippen LogP contribution in [0.25, 0.3) is 0 Å². The molecule has 4 nitrogen and oxygen atoms in total. The predicted octanol–water partition coefficient (Wildman–Crippen LogP) is 3.61. The van der Waals surface area contributed by atoms with Crippen molar-refractivity contribution in [3.8, 4) is 5.75 Å². The third-order valence-corrected chi connectivity index (χ3v) is 4.89. The summed E-state index contributed by atoms with van der Waals surface area (Å²) in [5.41, 5.74) is 0.383. The van der Waals surface area contributed by atoms with E-state index in [0.29, 0.717) is 12.2 Å². The number of fused-ring (bicyclic) bond motifs is 1. The van der Waals surface area contributed by atoms with Crippen molar-refractivity contribution in [1.82, 2.24) is 5.32 Å². The lowest BCUT2D eigenvalue weighted by molar-refractivity contribution is -0.119.